The van der Waals surface area contributed by atoms with Gasteiger partial charge in [0.15, 0.2) is 11.6 Å². The second-order valence-corrected chi connectivity index (χ2v) is 5.16. The number of carbonyl (C=O) groups is 2. The van der Waals surface area contributed by atoms with E-state index in [1.165, 1.54) is 6.92 Å². The first-order valence-corrected chi connectivity index (χ1v) is 6.67. The maximum Gasteiger partial charge on any atom is 0.160 e. The molecule has 0 bridgehead atoms. The molecule has 0 aromatic heterocycles. The number of hydrogen-bond acceptors (Lipinski definition) is 3. The Labute approximate surface area is 117 Å². The summed E-state index contributed by atoms with van der Waals surface area (Å²) in [5, 5.41) is 3.70. The first kappa shape index (κ1) is 13.8. The van der Waals surface area contributed by atoms with Crippen LogP contribution in [-0.4, -0.2) is 11.6 Å². The number of halogens is 1. The summed E-state index contributed by atoms with van der Waals surface area (Å²) in [5.41, 5.74) is 3.02. The summed E-state index contributed by atoms with van der Waals surface area (Å²) < 4.78 is 0. The van der Waals surface area contributed by atoms with Crippen LogP contribution in [0.1, 0.15) is 43.5 Å². The molecule has 1 aromatic carbocycles. The summed E-state index contributed by atoms with van der Waals surface area (Å²) in [4.78, 5) is 22.9. The molecule has 0 heterocycles. The van der Waals surface area contributed by atoms with Crippen molar-refractivity contribution in [2.24, 2.45) is 0 Å². The van der Waals surface area contributed by atoms with Crippen LogP contribution in [0.2, 0.25) is 5.02 Å². The van der Waals surface area contributed by atoms with E-state index in [0.717, 1.165) is 29.8 Å². The SMILES string of the molecule is CC(=O)c1ccc(NC2=C(C)C(=O)CCC2)c(Cl)c1. The van der Waals surface area contributed by atoms with Gasteiger partial charge in [-0.3, -0.25) is 9.59 Å². The molecule has 2 rings (SSSR count). The molecule has 3 nitrogen and oxygen atoms in total. The zero-order valence-electron chi connectivity index (χ0n) is 11.0. The number of rotatable bonds is 3. The Morgan fingerprint density at radius 2 is 2.05 bits per heavy atom. The Bertz CT molecular complexity index is 576. The summed E-state index contributed by atoms with van der Waals surface area (Å²) in [6, 6.07) is 5.16. The van der Waals surface area contributed by atoms with E-state index < -0.39 is 0 Å². The zero-order chi connectivity index (χ0) is 14.0. The van der Waals surface area contributed by atoms with Crippen molar-refractivity contribution in [3.63, 3.8) is 0 Å². The van der Waals surface area contributed by atoms with Gasteiger partial charge >= 0.3 is 0 Å². The van der Waals surface area contributed by atoms with Crippen LogP contribution < -0.4 is 5.32 Å². The second kappa shape index (κ2) is 5.57. The minimum absolute atomic E-state index is 0.0170. The third-order valence-corrected chi connectivity index (χ3v) is 3.68. The highest BCUT2D eigenvalue weighted by Crippen LogP contribution is 2.28. The summed E-state index contributed by atoms with van der Waals surface area (Å²) >= 11 is 6.15. The third kappa shape index (κ3) is 3.04. The molecule has 0 atom stereocenters. The molecule has 0 saturated heterocycles. The van der Waals surface area contributed by atoms with Gasteiger partial charge in [0.05, 0.1) is 10.7 Å². The molecule has 100 valence electrons. The molecule has 0 saturated carbocycles. The van der Waals surface area contributed by atoms with Crippen molar-refractivity contribution >= 4 is 28.9 Å². The average Bonchev–Trinajstić information content (AvgIpc) is 2.37. The minimum Gasteiger partial charge on any atom is -0.357 e. The van der Waals surface area contributed by atoms with Crippen molar-refractivity contribution in [3.8, 4) is 0 Å². The van der Waals surface area contributed by atoms with Gasteiger partial charge in [0.25, 0.3) is 0 Å². The van der Waals surface area contributed by atoms with Gasteiger partial charge in [0.1, 0.15) is 0 Å². The third-order valence-electron chi connectivity index (χ3n) is 3.36. The lowest BCUT2D eigenvalue weighted by atomic mass is 9.96. The number of benzene rings is 1. The highest BCUT2D eigenvalue weighted by molar-refractivity contribution is 6.33. The van der Waals surface area contributed by atoms with Gasteiger partial charge in [-0.15, -0.1) is 0 Å². The first-order valence-electron chi connectivity index (χ1n) is 6.29. The Morgan fingerprint density at radius 1 is 1.32 bits per heavy atom. The topological polar surface area (TPSA) is 46.2 Å². The van der Waals surface area contributed by atoms with E-state index >= 15 is 0 Å². The van der Waals surface area contributed by atoms with E-state index in [-0.39, 0.29) is 11.6 Å². The molecule has 1 aliphatic carbocycles. The van der Waals surface area contributed by atoms with E-state index in [2.05, 4.69) is 5.32 Å². The molecule has 1 aliphatic rings. The molecule has 0 amide bonds. The van der Waals surface area contributed by atoms with Gasteiger partial charge in [0.2, 0.25) is 0 Å². The lowest BCUT2D eigenvalue weighted by molar-refractivity contribution is -0.116. The van der Waals surface area contributed by atoms with Crippen LogP contribution in [0.5, 0.6) is 0 Å². The number of hydrogen-bond donors (Lipinski definition) is 1. The summed E-state index contributed by atoms with van der Waals surface area (Å²) in [5.74, 6) is 0.168. The maximum atomic E-state index is 11.6. The van der Waals surface area contributed by atoms with Crippen LogP contribution in [0, 0.1) is 0 Å². The van der Waals surface area contributed by atoms with Crippen LogP contribution in [-0.2, 0) is 4.79 Å². The molecular formula is C15H16ClNO2. The second-order valence-electron chi connectivity index (χ2n) is 4.76. The van der Waals surface area contributed by atoms with Gasteiger partial charge in [0, 0.05) is 23.3 Å². The number of allylic oxidation sites excluding steroid dienone is 2. The summed E-state index contributed by atoms with van der Waals surface area (Å²) in [6.45, 7) is 3.34. The largest absolute Gasteiger partial charge is 0.357 e. The van der Waals surface area contributed by atoms with Crippen LogP contribution in [0.25, 0.3) is 0 Å². The van der Waals surface area contributed by atoms with Crippen molar-refractivity contribution < 1.29 is 9.59 Å². The standard InChI is InChI=1S/C15H16ClNO2/c1-9-13(4-3-5-15(9)19)17-14-7-6-11(10(2)18)8-12(14)16/h6-8,17H,3-5H2,1-2H3. The molecule has 1 aromatic rings. The molecule has 19 heavy (non-hydrogen) atoms. The van der Waals surface area contributed by atoms with Gasteiger partial charge in [-0.25, -0.2) is 0 Å². The lowest BCUT2D eigenvalue weighted by Crippen LogP contribution is -2.14. The predicted molar refractivity (Wildman–Crippen MR) is 76.6 cm³/mol. The first-order chi connectivity index (χ1) is 8.99. The molecule has 4 heteroatoms. The van der Waals surface area contributed by atoms with Crippen molar-refractivity contribution in [3.05, 3.63) is 40.1 Å². The maximum absolute atomic E-state index is 11.6. The fraction of sp³-hybridized carbons (Fsp3) is 0.333. The van der Waals surface area contributed by atoms with E-state index in [0.29, 0.717) is 17.0 Å². The van der Waals surface area contributed by atoms with Crippen LogP contribution in [0.4, 0.5) is 5.69 Å². The Kier molecular flexibility index (Phi) is 4.05. The van der Waals surface area contributed by atoms with Crippen molar-refractivity contribution in [2.45, 2.75) is 33.1 Å². The van der Waals surface area contributed by atoms with Crippen molar-refractivity contribution in [1.29, 1.82) is 0 Å². The van der Waals surface area contributed by atoms with Gasteiger partial charge in [-0.1, -0.05) is 11.6 Å². The smallest absolute Gasteiger partial charge is 0.160 e. The number of anilines is 1. The Hall–Kier alpha value is -1.61. The fourth-order valence-corrected chi connectivity index (χ4v) is 2.35. The van der Waals surface area contributed by atoms with E-state index in [9.17, 15) is 9.59 Å². The molecule has 1 N–H and O–H groups in total. The monoisotopic (exact) mass is 277 g/mol. The van der Waals surface area contributed by atoms with Crippen LogP contribution >= 0.6 is 11.6 Å². The van der Waals surface area contributed by atoms with Crippen molar-refractivity contribution in [2.75, 3.05) is 5.32 Å². The number of ketones is 2. The zero-order valence-corrected chi connectivity index (χ0v) is 11.8. The molecule has 0 spiro atoms. The molecule has 0 fully saturated rings. The van der Waals surface area contributed by atoms with E-state index in [1.807, 2.05) is 6.92 Å². The molecule has 0 aliphatic heterocycles. The highest BCUT2D eigenvalue weighted by Gasteiger charge is 2.17. The normalized spacial score (nSPS) is 15.6. The van der Waals surface area contributed by atoms with Gasteiger partial charge in [-0.2, -0.15) is 0 Å². The molecular weight excluding hydrogens is 262 g/mol. The van der Waals surface area contributed by atoms with E-state index in [1.54, 1.807) is 18.2 Å². The van der Waals surface area contributed by atoms with Crippen LogP contribution in [0.3, 0.4) is 0 Å². The fourth-order valence-electron chi connectivity index (χ4n) is 2.12. The molecule has 0 unspecified atom stereocenters. The molecule has 0 radical (unpaired) electrons. The number of nitrogens with one attached hydrogen (secondary N) is 1. The van der Waals surface area contributed by atoms with Gasteiger partial charge in [-0.05, 0) is 44.9 Å². The van der Waals surface area contributed by atoms with Crippen LogP contribution in [0.15, 0.2) is 29.5 Å². The highest BCUT2D eigenvalue weighted by atomic mass is 35.5. The average molecular weight is 278 g/mol. The number of Topliss-reactive ketones (excluding diaryl/α,β-unsaturated/α-hetero) is 2. The minimum atomic E-state index is -0.0170. The quantitative estimate of drug-likeness (QED) is 0.850. The lowest BCUT2D eigenvalue weighted by Gasteiger charge is -2.19. The Morgan fingerprint density at radius 3 is 2.68 bits per heavy atom. The number of carbonyl (C=O) groups excluding carboxylic acids is 2. The van der Waals surface area contributed by atoms with Gasteiger partial charge < -0.3 is 5.32 Å². The summed E-state index contributed by atoms with van der Waals surface area (Å²) in [7, 11) is 0. The predicted octanol–water partition coefficient (Wildman–Crippen LogP) is 3.98. The summed E-state index contributed by atoms with van der Waals surface area (Å²) in [6.07, 6.45) is 2.33. The van der Waals surface area contributed by atoms with E-state index in [4.69, 9.17) is 11.6 Å². The Balaban J connectivity index is 2.27. The van der Waals surface area contributed by atoms with Crippen molar-refractivity contribution in [1.82, 2.24) is 0 Å².